The molecule has 1 amide bonds. The third-order valence-electron chi connectivity index (χ3n) is 8.01. The van der Waals surface area contributed by atoms with Crippen LogP contribution in [0.3, 0.4) is 0 Å². The van der Waals surface area contributed by atoms with E-state index in [-0.39, 0.29) is 53.2 Å². The summed E-state index contributed by atoms with van der Waals surface area (Å²) in [4.78, 5) is 46.3. The van der Waals surface area contributed by atoms with E-state index in [2.05, 4.69) is 10.3 Å². The Hall–Kier alpha value is -3.26. The molecular weight excluding hydrogens is 561 g/mol. The number of primary amides is 1. The summed E-state index contributed by atoms with van der Waals surface area (Å²) in [6.45, 7) is 4.88. The van der Waals surface area contributed by atoms with E-state index in [1.807, 2.05) is 32.8 Å². The van der Waals surface area contributed by atoms with Crippen molar-refractivity contribution in [2.75, 3.05) is 46.6 Å². The Morgan fingerprint density at radius 3 is 2.34 bits per heavy atom. The Balaban J connectivity index is 0.00000462. The van der Waals surface area contributed by atoms with Crippen LogP contribution in [0.15, 0.2) is 16.9 Å². The minimum Gasteiger partial charge on any atom is -0.508 e. The van der Waals surface area contributed by atoms with Crippen molar-refractivity contribution in [3.8, 4) is 5.75 Å². The molecule has 4 rings (SSSR count). The van der Waals surface area contributed by atoms with E-state index < -0.39 is 69.7 Å². The lowest BCUT2D eigenvalue weighted by Gasteiger charge is -2.50. The van der Waals surface area contributed by atoms with Crippen LogP contribution in [0.5, 0.6) is 5.75 Å². The van der Waals surface area contributed by atoms with Crippen LogP contribution in [0.2, 0.25) is 0 Å². The van der Waals surface area contributed by atoms with Gasteiger partial charge in [-0.15, -0.1) is 12.4 Å². The van der Waals surface area contributed by atoms with Gasteiger partial charge in [0.25, 0.3) is 5.91 Å². The summed E-state index contributed by atoms with van der Waals surface area (Å²) in [6, 6.07) is -1.22. The maximum atomic E-state index is 15.3. The normalized spacial score (nSPS) is 26.0. The van der Waals surface area contributed by atoms with Gasteiger partial charge in [-0.05, 0) is 52.4 Å². The van der Waals surface area contributed by atoms with E-state index in [1.165, 1.54) is 19.0 Å². The number of likely N-dealkylation sites (N-methyl/N-ethyl adjacent to an activating group) is 1. The number of aromatic nitrogens is 1. The predicted molar refractivity (Wildman–Crippen MR) is 150 cm³/mol. The number of anilines is 1. The molecule has 0 aromatic carbocycles. The molecule has 3 aliphatic rings. The molecule has 1 aromatic rings. The highest BCUT2D eigenvalue weighted by atomic mass is 35.5. The number of nitrogens with two attached hydrogens (primary N) is 1. The molecular formula is C27H37ClFN5O7. The monoisotopic (exact) mass is 597 g/mol. The average Bonchev–Trinajstić information content (AvgIpc) is 2.81. The van der Waals surface area contributed by atoms with E-state index in [0.29, 0.717) is 13.1 Å². The van der Waals surface area contributed by atoms with Crippen molar-refractivity contribution < 1.29 is 39.2 Å². The van der Waals surface area contributed by atoms with E-state index in [1.54, 1.807) is 0 Å². The van der Waals surface area contributed by atoms with Gasteiger partial charge in [-0.25, -0.2) is 0 Å². The number of nitrogens with zero attached hydrogens (tertiary/aromatic N) is 3. The number of ketones is 2. The van der Waals surface area contributed by atoms with Crippen LogP contribution in [-0.2, 0) is 20.8 Å². The fraction of sp³-hybridized carbons (Fsp3) is 0.556. The molecule has 0 aliphatic heterocycles. The lowest BCUT2D eigenvalue weighted by molar-refractivity contribution is -0.153. The Morgan fingerprint density at radius 1 is 1.20 bits per heavy atom. The fourth-order valence-electron chi connectivity index (χ4n) is 6.51. The number of carbonyl (C=O) groups is 3. The van der Waals surface area contributed by atoms with Crippen LogP contribution >= 0.6 is 12.4 Å². The van der Waals surface area contributed by atoms with Crippen LogP contribution in [-0.4, -0.2) is 106 Å². The molecule has 41 heavy (non-hydrogen) atoms. The van der Waals surface area contributed by atoms with Crippen LogP contribution in [0.4, 0.5) is 10.2 Å². The summed E-state index contributed by atoms with van der Waals surface area (Å²) in [5.74, 6) is -9.18. The van der Waals surface area contributed by atoms with Crippen molar-refractivity contribution in [2.24, 2.45) is 23.0 Å². The first-order valence-corrected chi connectivity index (χ1v) is 12.9. The van der Waals surface area contributed by atoms with Gasteiger partial charge in [0.2, 0.25) is 11.7 Å². The standard InChI is InChI=1S/C27H36FN5O7.ClH/c1-26(2,10-32(3)4)9-30-25-20(36)15-12(23(28)31-25)7-11-8-13-17(33(5)6)19(35)16(24(29)39)22(38)27(13,40)21(37)14(11)18(15)34;/h11,13,17,34,36,38,40H,7-10H2,1-6H3,(H2,29,39)(H,30,31);1H/t11-,13-,17-,27-;/m0./s1. The van der Waals surface area contributed by atoms with Crippen LogP contribution in [0, 0.1) is 23.2 Å². The Bertz CT molecular complexity index is 1380. The molecule has 226 valence electrons. The summed E-state index contributed by atoms with van der Waals surface area (Å²) < 4.78 is 15.3. The Morgan fingerprint density at radius 2 is 1.80 bits per heavy atom. The number of halogens is 2. The molecule has 0 radical (unpaired) electrons. The molecule has 7 N–H and O–H groups in total. The van der Waals surface area contributed by atoms with E-state index in [0.717, 1.165) is 0 Å². The second-order valence-corrected chi connectivity index (χ2v) is 12.2. The third-order valence-corrected chi connectivity index (χ3v) is 8.01. The van der Waals surface area contributed by atoms with Gasteiger partial charge in [-0.1, -0.05) is 13.8 Å². The molecule has 0 unspecified atom stereocenters. The molecule has 1 aromatic heterocycles. The van der Waals surface area contributed by atoms with Crippen molar-refractivity contribution in [3.05, 3.63) is 34.0 Å². The molecule has 4 atom stereocenters. The topological polar surface area (TPSA) is 190 Å². The van der Waals surface area contributed by atoms with Crippen molar-refractivity contribution >= 4 is 41.5 Å². The minimum atomic E-state index is -2.76. The van der Waals surface area contributed by atoms with Gasteiger partial charge in [0, 0.05) is 30.1 Å². The van der Waals surface area contributed by atoms with Gasteiger partial charge in [0.15, 0.2) is 23.0 Å². The molecule has 1 fully saturated rings. The SMILES string of the molecule is CN(C)CC(C)(C)CNc1nc(F)c2c(c1O)C(O)=C1C(=O)[C@]3(O)C(O)=C(C(N)=O)C(=O)[C@@H](N(C)C)[C@@H]3C[C@@H]1C2.Cl. The molecule has 0 saturated heterocycles. The zero-order chi connectivity index (χ0) is 30.1. The lowest BCUT2D eigenvalue weighted by Crippen LogP contribution is -2.65. The predicted octanol–water partition coefficient (Wildman–Crippen LogP) is 0.920. The summed E-state index contributed by atoms with van der Waals surface area (Å²) in [7, 11) is 6.81. The van der Waals surface area contributed by atoms with Crippen LogP contribution in [0.1, 0.15) is 31.4 Å². The number of amides is 1. The second-order valence-electron chi connectivity index (χ2n) is 12.2. The first-order chi connectivity index (χ1) is 18.4. The molecule has 3 aliphatic carbocycles. The van der Waals surface area contributed by atoms with Crippen LogP contribution < -0.4 is 11.1 Å². The lowest BCUT2D eigenvalue weighted by atomic mass is 9.57. The molecule has 1 heterocycles. The number of hydrogen-bond donors (Lipinski definition) is 6. The number of aromatic hydroxyl groups is 1. The highest BCUT2D eigenvalue weighted by Gasteiger charge is 2.64. The molecule has 0 bridgehead atoms. The number of fused-ring (bicyclic) bond motifs is 3. The smallest absolute Gasteiger partial charge is 0.255 e. The molecule has 12 nitrogen and oxygen atoms in total. The number of hydrogen-bond acceptors (Lipinski definition) is 11. The van der Waals surface area contributed by atoms with Crippen molar-refractivity contribution in [1.82, 2.24) is 14.8 Å². The number of pyridine rings is 1. The van der Waals surface area contributed by atoms with E-state index >= 15 is 4.39 Å². The van der Waals surface area contributed by atoms with Gasteiger partial charge in [0.05, 0.1) is 11.6 Å². The summed E-state index contributed by atoms with van der Waals surface area (Å²) in [5, 5.41) is 47.8. The molecule has 0 spiro atoms. The maximum Gasteiger partial charge on any atom is 0.255 e. The highest BCUT2D eigenvalue weighted by molar-refractivity contribution is 6.24. The van der Waals surface area contributed by atoms with E-state index in [9.17, 15) is 34.8 Å². The zero-order valence-electron chi connectivity index (χ0n) is 23.8. The number of aliphatic hydroxyl groups excluding tert-OH is 2. The number of aliphatic hydroxyl groups is 3. The minimum absolute atomic E-state index is 0. The summed E-state index contributed by atoms with van der Waals surface area (Å²) >= 11 is 0. The van der Waals surface area contributed by atoms with Gasteiger partial charge in [-0.2, -0.15) is 9.37 Å². The van der Waals surface area contributed by atoms with E-state index in [4.69, 9.17) is 5.73 Å². The van der Waals surface area contributed by atoms with Crippen molar-refractivity contribution in [2.45, 2.75) is 38.3 Å². The second kappa shape index (κ2) is 10.9. The zero-order valence-corrected chi connectivity index (χ0v) is 24.6. The van der Waals surface area contributed by atoms with Gasteiger partial charge < -0.3 is 36.4 Å². The summed E-state index contributed by atoms with van der Waals surface area (Å²) in [5.41, 5.74) is 0.531. The first kappa shape index (κ1) is 32.3. The van der Waals surface area contributed by atoms with Gasteiger partial charge in [-0.3, -0.25) is 19.3 Å². The van der Waals surface area contributed by atoms with Gasteiger partial charge >= 0.3 is 0 Å². The fourth-order valence-corrected chi connectivity index (χ4v) is 6.51. The number of carbonyl (C=O) groups excluding carboxylic acids is 3. The van der Waals surface area contributed by atoms with Gasteiger partial charge in [0.1, 0.15) is 17.1 Å². The molecule has 14 heteroatoms. The third kappa shape index (κ3) is 5.05. The maximum absolute atomic E-state index is 15.3. The molecule has 1 saturated carbocycles. The number of Topliss-reactive ketones (excluding diaryl/α,β-unsaturated/α-hetero) is 2. The average molecular weight is 598 g/mol. The largest absolute Gasteiger partial charge is 0.508 e. The quantitative estimate of drug-likeness (QED) is 0.194. The van der Waals surface area contributed by atoms with Crippen molar-refractivity contribution in [3.63, 3.8) is 0 Å². The number of rotatable bonds is 7. The summed E-state index contributed by atoms with van der Waals surface area (Å²) in [6.07, 6.45) is -0.308. The number of nitrogens with one attached hydrogen (secondary N) is 1. The first-order valence-electron chi connectivity index (χ1n) is 12.9. The van der Waals surface area contributed by atoms with Crippen molar-refractivity contribution in [1.29, 1.82) is 0 Å². The Kier molecular flexibility index (Phi) is 8.54. The Labute approximate surface area is 243 Å². The van der Waals surface area contributed by atoms with Crippen LogP contribution in [0.25, 0.3) is 5.76 Å². The highest BCUT2D eigenvalue weighted by Crippen LogP contribution is 2.53.